The Morgan fingerprint density at radius 2 is 1.62 bits per heavy atom. The molecule has 1 aromatic rings. The zero-order chi connectivity index (χ0) is 25.8. The molecule has 1 heterocycles. The van der Waals surface area contributed by atoms with Gasteiger partial charge in [-0.3, -0.25) is 14.4 Å². The summed E-state index contributed by atoms with van der Waals surface area (Å²) in [7, 11) is 8.08. The van der Waals surface area contributed by atoms with Crippen molar-refractivity contribution in [2.75, 3.05) is 41.3 Å². The van der Waals surface area contributed by atoms with E-state index in [1.807, 2.05) is 0 Å². The number of carbonyl (C=O) groups is 3. The number of carboxylic acid groups (broad SMARTS) is 2. The molecular formula is C25H41N3O6. The fourth-order valence-electron chi connectivity index (χ4n) is 4.33. The van der Waals surface area contributed by atoms with Crippen LogP contribution in [0, 0.1) is 5.92 Å². The van der Waals surface area contributed by atoms with Gasteiger partial charge in [0.25, 0.3) is 11.9 Å². The Bertz CT molecular complexity index is 807. The van der Waals surface area contributed by atoms with Crippen LogP contribution in [0.15, 0.2) is 12.1 Å². The van der Waals surface area contributed by atoms with E-state index >= 15 is 0 Å². The zero-order valence-electron chi connectivity index (χ0n) is 21.4. The molecule has 0 spiro atoms. The van der Waals surface area contributed by atoms with Crippen molar-refractivity contribution in [1.82, 2.24) is 15.1 Å². The first kappa shape index (κ1) is 29.4. The number of fused-ring (bicyclic) bond motifs is 1. The summed E-state index contributed by atoms with van der Waals surface area (Å²) in [5.41, 5.74) is 3.91. The van der Waals surface area contributed by atoms with Gasteiger partial charge in [-0.25, -0.2) is 0 Å². The monoisotopic (exact) mass is 479 g/mol. The second kappa shape index (κ2) is 14.6. The molecular weight excluding hydrogens is 438 g/mol. The van der Waals surface area contributed by atoms with Crippen molar-refractivity contribution in [1.29, 1.82) is 0 Å². The van der Waals surface area contributed by atoms with Crippen molar-refractivity contribution in [2.24, 2.45) is 5.92 Å². The predicted octanol–water partition coefficient (Wildman–Crippen LogP) is 2.25. The molecule has 3 N–H and O–H groups in total. The molecule has 1 fully saturated rings. The highest BCUT2D eigenvalue weighted by molar-refractivity contribution is 5.79. The van der Waals surface area contributed by atoms with E-state index in [2.05, 4.69) is 48.4 Å². The van der Waals surface area contributed by atoms with E-state index in [1.165, 1.54) is 17.5 Å². The highest BCUT2D eigenvalue weighted by Crippen LogP contribution is 2.30. The summed E-state index contributed by atoms with van der Waals surface area (Å²) in [5.74, 6) is -0.541. The summed E-state index contributed by atoms with van der Waals surface area (Å²) in [5, 5.41) is 18.0. The maximum absolute atomic E-state index is 12.8. The highest BCUT2D eigenvalue weighted by atomic mass is 16.5. The van der Waals surface area contributed by atoms with E-state index in [4.69, 9.17) is 24.5 Å². The Balaban J connectivity index is 0.000000629. The van der Waals surface area contributed by atoms with E-state index < -0.39 is 11.9 Å². The normalized spacial score (nSPS) is 19.5. The SMILES string of the molecule is CC(=O)O.CC(=O)O.COc1cc2c(cc1CNC(=O)[C@@H]1CC[C@H](N(C)C)CN(C)C1)CCC2. The molecule has 0 radical (unpaired) electrons. The fraction of sp³-hybridized carbons (Fsp3) is 0.640. The summed E-state index contributed by atoms with van der Waals surface area (Å²) in [4.78, 5) is 35.3. The van der Waals surface area contributed by atoms with Gasteiger partial charge in [-0.15, -0.1) is 0 Å². The van der Waals surface area contributed by atoms with E-state index in [1.54, 1.807) is 7.11 Å². The van der Waals surface area contributed by atoms with E-state index in [-0.39, 0.29) is 11.8 Å². The van der Waals surface area contributed by atoms with Crippen LogP contribution in [0.25, 0.3) is 0 Å². The first-order valence-corrected chi connectivity index (χ1v) is 11.6. The molecule has 1 aliphatic carbocycles. The smallest absolute Gasteiger partial charge is 0.300 e. The third kappa shape index (κ3) is 10.5. The second-order valence-corrected chi connectivity index (χ2v) is 9.16. The van der Waals surface area contributed by atoms with Gasteiger partial charge in [0, 0.05) is 45.1 Å². The zero-order valence-corrected chi connectivity index (χ0v) is 21.4. The molecule has 2 aliphatic rings. The lowest BCUT2D eigenvalue weighted by Crippen LogP contribution is -2.39. The lowest BCUT2D eigenvalue weighted by Gasteiger charge is -2.25. The predicted molar refractivity (Wildman–Crippen MR) is 131 cm³/mol. The molecule has 9 nitrogen and oxygen atoms in total. The third-order valence-corrected chi connectivity index (χ3v) is 5.95. The second-order valence-electron chi connectivity index (χ2n) is 9.16. The van der Waals surface area contributed by atoms with Gasteiger partial charge in [0.1, 0.15) is 5.75 Å². The van der Waals surface area contributed by atoms with Gasteiger partial charge in [0.05, 0.1) is 13.0 Å². The number of methoxy groups -OCH3 is 1. The van der Waals surface area contributed by atoms with Gasteiger partial charge in [0.2, 0.25) is 5.91 Å². The number of benzene rings is 1. The topological polar surface area (TPSA) is 119 Å². The number of amides is 1. The number of nitrogens with zero attached hydrogens (tertiary/aromatic N) is 2. The van der Waals surface area contributed by atoms with Crippen molar-refractivity contribution in [2.45, 2.75) is 58.5 Å². The quantitative estimate of drug-likeness (QED) is 0.588. The molecule has 34 heavy (non-hydrogen) atoms. The van der Waals surface area contributed by atoms with Gasteiger partial charge in [-0.2, -0.15) is 0 Å². The average molecular weight is 480 g/mol. The standard InChI is InChI=1S/C21H33N3O2.2C2H4O2/c1-23(2)19-9-8-17(13-24(3)14-19)21(25)22-12-18-10-15-6-5-7-16(15)11-20(18)26-4;2*1-2(3)4/h10-11,17,19H,5-9,12-14H2,1-4H3,(H,22,25);2*1H3,(H,3,4)/t17-,19+;;/m1../s1. The minimum Gasteiger partial charge on any atom is -0.496 e. The molecule has 2 atom stereocenters. The van der Waals surface area contributed by atoms with Crippen molar-refractivity contribution in [3.05, 3.63) is 28.8 Å². The first-order chi connectivity index (χ1) is 15.9. The number of ether oxygens (including phenoxy) is 1. The lowest BCUT2D eigenvalue weighted by molar-refractivity contribution is -0.135. The summed E-state index contributed by atoms with van der Waals surface area (Å²) in [6.45, 7) is 4.57. The Morgan fingerprint density at radius 3 is 2.15 bits per heavy atom. The van der Waals surface area contributed by atoms with Crippen LogP contribution in [0.1, 0.15) is 49.8 Å². The van der Waals surface area contributed by atoms with Crippen LogP contribution >= 0.6 is 0 Å². The molecule has 0 aromatic heterocycles. The van der Waals surface area contributed by atoms with Crippen LogP contribution in [-0.2, 0) is 33.8 Å². The number of likely N-dealkylation sites (tertiary alicyclic amines) is 1. The Hall–Kier alpha value is -2.65. The van der Waals surface area contributed by atoms with Crippen molar-refractivity contribution < 1.29 is 29.3 Å². The molecule has 1 saturated heterocycles. The molecule has 3 rings (SSSR count). The number of hydrogen-bond acceptors (Lipinski definition) is 6. The number of aliphatic carboxylic acids is 2. The summed E-state index contributed by atoms with van der Waals surface area (Å²) >= 11 is 0. The maximum Gasteiger partial charge on any atom is 0.300 e. The van der Waals surface area contributed by atoms with Crippen LogP contribution < -0.4 is 10.1 Å². The molecule has 9 heteroatoms. The van der Waals surface area contributed by atoms with Gasteiger partial charge >= 0.3 is 0 Å². The Kier molecular flexibility index (Phi) is 12.6. The number of nitrogens with one attached hydrogen (secondary N) is 1. The van der Waals surface area contributed by atoms with Crippen LogP contribution in [0.5, 0.6) is 5.75 Å². The average Bonchev–Trinajstić information content (AvgIpc) is 3.09. The highest BCUT2D eigenvalue weighted by Gasteiger charge is 2.27. The fourth-order valence-corrected chi connectivity index (χ4v) is 4.33. The molecule has 1 aromatic carbocycles. The van der Waals surface area contributed by atoms with Crippen molar-refractivity contribution >= 4 is 17.8 Å². The number of rotatable bonds is 5. The van der Waals surface area contributed by atoms with Crippen molar-refractivity contribution in [3.8, 4) is 5.75 Å². The molecule has 0 unspecified atom stereocenters. The minimum absolute atomic E-state index is 0.0605. The first-order valence-electron chi connectivity index (χ1n) is 11.6. The number of aryl methyl sites for hydroxylation is 2. The van der Waals surface area contributed by atoms with E-state index in [9.17, 15) is 4.79 Å². The van der Waals surface area contributed by atoms with Gasteiger partial charge in [-0.1, -0.05) is 6.07 Å². The van der Waals surface area contributed by atoms with Crippen LogP contribution in [0.2, 0.25) is 0 Å². The van der Waals surface area contributed by atoms with Crippen LogP contribution in [-0.4, -0.2) is 85.2 Å². The number of carbonyl (C=O) groups excluding carboxylic acids is 1. The number of likely N-dealkylation sites (N-methyl/N-ethyl adjacent to an activating group) is 2. The molecule has 192 valence electrons. The Morgan fingerprint density at radius 1 is 1.06 bits per heavy atom. The maximum atomic E-state index is 12.8. The number of hydrogen-bond donors (Lipinski definition) is 3. The van der Waals surface area contributed by atoms with Crippen molar-refractivity contribution in [3.63, 3.8) is 0 Å². The lowest BCUT2D eigenvalue weighted by atomic mass is 10.00. The summed E-state index contributed by atoms with van der Waals surface area (Å²) < 4.78 is 5.56. The molecule has 0 saturated carbocycles. The van der Waals surface area contributed by atoms with Crippen LogP contribution in [0.3, 0.4) is 0 Å². The summed E-state index contributed by atoms with van der Waals surface area (Å²) in [6.07, 6.45) is 5.51. The van der Waals surface area contributed by atoms with E-state index in [0.717, 1.165) is 63.9 Å². The van der Waals surface area contributed by atoms with Gasteiger partial charge in [-0.05, 0) is 70.4 Å². The minimum atomic E-state index is -0.833. The largest absolute Gasteiger partial charge is 0.496 e. The molecule has 0 bridgehead atoms. The third-order valence-electron chi connectivity index (χ3n) is 5.95. The Labute approximate surface area is 203 Å². The number of carboxylic acids is 2. The van der Waals surface area contributed by atoms with E-state index in [0.29, 0.717) is 12.6 Å². The van der Waals surface area contributed by atoms with Crippen LogP contribution in [0.4, 0.5) is 0 Å². The summed E-state index contributed by atoms with van der Waals surface area (Å²) in [6, 6.07) is 4.91. The van der Waals surface area contributed by atoms with Gasteiger partial charge < -0.3 is 30.1 Å². The molecule has 1 amide bonds. The molecule has 1 aliphatic heterocycles. The van der Waals surface area contributed by atoms with Gasteiger partial charge in [0.15, 0.2) is 0 Å².